The maximum Gasteiger partial charge on any atom is 0.307 e. The van der Waals surface area contributed by atoms with Crippen molar-refractivity contribution < 1.29 is 13.7 Å². The molecule has 0 heterocycles. The van der Waals surface area contributed by atoms with Crippen LogP contribution in [0.1, 0.15) is 24.3 Å². The van der Waals surface area contributed by atoms with Crippen molar-refractivity contribution in [1.82, 2.24) is 0 Å². The number of nitrogens with zero attached hydrogens (tertiary/aromatic N) is 1. The van der Waals surface area contributed by atoms with E-state index in [1.165, 1.54) is 0 Å². The molecule has 0 spiro atoms. The minimum Gasteiger partial charge on any atom is -0.258 e. The number of benzene rings is 1. The van der Waals surface area contributed by atoms with Gasteiger partial charge in [0.2, 0.25) is 5.82 Å². The van der Waals surface area contributed by atoms with E-state index in [0.29, 0.717) is 6.07 Å². The van der Waals surface area contributed by atoms with E-state index in [0.717, 1.165) is 18.9 Å². The molecular formula is C9H7F2NO2. The second-order valence-corrected chi connectivity index (χ2v) is 3.36. The van der Waals surface area contributed by atoms with Crippen molar-refractivity contribution in [2.45, 2.75) is 18.8 Å². The smallest absolute Gasteiger partial charge is 0.258 e. The first-order valence-electron chi connectivity index (χ1n) is 4.23. The highest BCUT2D eigenvalue weighted by atomic mass is 19.1. The van der Waals surface area contributed by atoms with Crippen LogP contribution in [0.25, 0.3) is 0 Å². The molecule has 1 aromatic carbocycles. The molecule has 0 saturated heterocycles. The molecule has 1 fully saturated rings. The lowest BCUT2D eigenvalue weighted by atomic mass is 10.1. The fourth-order valence-corrected chi connectivity index (χ4v) is 1.40. The molecule has 0 unspecified atom stereocenters. The maximum absolute atomic E-state index is 13.2. The van der Waals surface area contributed by atoms with Crippen LogP contribution in [0.3, 0.4) is 0 Å². The van der Waals surface area contributed by atoms with Gasteiger partial charge in [0.15, 0.2) is 0 Å². The molecule has 1 aromatic rings. The summed E-state index contributed by atoms with van der Waals surface area (Å²) in [5.41, 5.74) is -0.542. The number of hydrogen-bond donors (Lipinski definition) is 0. The van der Waals surface area contributed by atoms with E-state index in [1.807, 2.05) is 0 Å². The molecule has 0 aliphatic heterocycles. The number of hydrogen-bond acceptors (Lipinski definition) is 2. The molecule has 14 heavy (non-hydrogen) atoms. The van der Waals surface area contributed by atoms with Crippen LogP contribution in [0.4, 0.5) is 14.5 Å². The van der Waals surface area contributed by atoms with Gasteiger partial charge in [-0.2, -0.15) is 4.39 Å². The Balaban J connectivity index is 2.48. The molecule has 1 saturated carbocycles. The Hall–Kier alpha value is -1.52. The Labute approximate surface area is 78.5 Å². The summed E-state index contributed by atoms with van der Waals surface area (Å²) in [5.74, 6) is -1.59. The molecule has 0 radical (unpaired) electrons. The third-order valence-corrected chi connectivity index (χ3v) is 2.28. The second-order valence-electron chi connectivity index (χ2n) is 3.36. The molecular weight excluding hydrogens is 192 g/mol. The van der Waals surface area contributed by atoms with Crippen molar-refractivity contribution in [3.05, 3.63) is 39.4 Å². The van der Waals surface area contributed by atoms with E-state index in [-0.39, 0.29) is 11.5 Å². The highest BCUT2D eigenvalue weighted by Gasteiger charge is 2.29. The Morgan fingerprint density at radius 1 is 1.29 bits per heavy atom. The number of rotatable bonds is 2. The largest absolute Gasteiger partial charge is 0.307 e. The summed E-state index contributed by atoms with van der Waals surface area (Å²) in [5, 5.41) is 10.3. The molecule has 5 heteroatoms. The Morgan fingerprint density at radius 3 is 2.43 bits per heavy atom. The van der Waals surface area contributed by atoms with Crippen LogP contribution in [0.5, 0.6) is 0 Å². The van der Waals surface area contributed by atoms with Gasteiger partial charge in [-0.15, -0.1) is 0 Å². The van der Waals surface area contributed by atoms with Crippen LogP contribution in [0.2, 0.25) is 0 Å². The molecule has 1 aliphatic rings. The fraction of sp³-hybridized carbons (Fsp3) is 0.333. The normalized spacial score (nSPS) is 15.6. The number of nitro benzene ring substituents is 1. The molecule has 0 amide bonds. The first kappa shape index (κ1) is 9.05. The molecule has 0 bridgehead atoms. The van der Waals surface area contributed by atoms with Crippen LogP contribution in [0.15, 0.2) is 12.1 Å². The van der Waals surface area contributed by atoms with E-state index >= 15 is 0 Å². The third-order valence-electron chi connectivity index (χ3n) is 2.28. The van der Waals surface area contributed by atoms with Gasteiger partial charge < -0.3 is 0 Å². The topological polar surface area (TPSA) is 43.1 Å². The summed E-state index contributed by atoms with van der Waals surface area (Å²) < 4.78 is 26.3. The molecule has 74 valence electrons. The lowest BCUT2D eigenvalue weighted by Crippen LogP contribution is -1.97. The molecule has 0 aromatic heterocycles. The minimum absolute atomic E-state index is 0.0466. The minimum atomic E-state index is -0.960. The summed E-state index contributed by atoms with van der Waals surface area (Å²) in [4.78, 5) is 9.35. The maximum atomic E-state index is 13.2. The van der Waals surface area contributed by atoms with E-state index in [2.05, 4.69) is 0 Å². The van der Waals surface area contributed by atoms with E-state index < -0.39 is 22.2 Å². The third kappa shape index (κ3) is 1.45. The average Bonchev–Trinajstić information content (AvgIpc) is 2.91. The fourth-order valence-electron chi connectivity index (χ4n) is 1.40. The lowest BCUT2D eigenvalue weighted by Gasteiger charge is -2.01. The first-order chi connectivity index (χ1) is 6.59. The molecule has 0 N–H and O–H groups in total. The van der Waals surface area contributed by atoms with E-state index in [1.54, 1.807) is 0 Å². The monoisotopic (exact) mass is 199 g/mol. The van der Waals surface area contributed by atoms with Crippen LogP contribution >= 0.6 is 0 Å². The summed E-state index contributed by atoms with van der Waals surface area (Å²) in [7, 11) is 0. The lowest BCUT2D eigenvalue weighted by molar-refractivity contribution is -0.387. The van der Waals surface area contributed by atoms with E-state index in [9.17, 15) is 18.9 Å². The van der Waals surface area contributed by atoms with E-state index in [4.69, 9.17) is 0 Å². The van der Waals surface area contributed by atoms with Gasteiger partial charge in [0.1, 0.15) is 5.82 Å². The molecule has 1 aliphatic carbocycles. The zero-order chi connectivity index (χ0) is 10.3. The zero-order valence-electron chi connectivity index (χ0n) is 7.17. The molecule has 2 rings (SSSR count). The first-order valence-corrected chi connectivity index (χ1v) is 4.23. The van der Waals surface area contributed by atoms with Crippen LogP contribution in [0, 0.1) is 21.7 Å². The predicted octanol–water partition coefficient (Wildman–Crippen LogP) is 2.75. The Kier molecular flexibility index (Phi) is 1.94. The highest BCUT2D eigenvalue weighted by Crippen LogP contribution is 2.42. The Bertz CT molecular complexity index is 402. The van der Waals surface area contributed by atoms with Crippen molar-refractivity contribution in [1.29, 1.82) is 0 Å². The summed E-state index contributed by atoms with van der Waals surface area (Å²) in [6.45, 7) is 0. The summed E-state index contributed by atoms with van der Waals surface area (Å²) >= 11 is 0. The van der Waals surface area contributed by atoms with Crippen molar-refractivity contribution in [3.8, 4) is 0 Å². The van der Waals surface area contributed by atoms with Gasteiger partial charge in [-0.05, 0) is 30.4 Å². The van der Waals surface area contributed by atoms with Crippen LogP contribution in [-0.2, 0) is 0 Å². The zero-order valence-corrected chi connectivity index (χ0v) is 7.17. The van der Waals surface area contributed by atoms with Gasteiger partial charge in [-0.25, -0.2) is 4.39 Å². The standard InChI is InChI=1S/C9H7F2NO2/c10-7-4-9(12(13)14)8(11)3-6(7)5-1-2-5/h3-5H,1-2H2. The summed E-state index contributed by atoms with van der Waals surface area (Å²) in [6, 6.07) is 1.59. The van der Waals surface area contributed by atoms with Crippen molar-refractivity contribution in [2.75, 3.05) is 0 Å². The molecule has 0 atom stereocenters. The quantitative estimate of drug-likeness (QED) is 0.542. The number of nitro groups is 1. The molecule has 3 nitrogen and oxygen atoms in total. The van der Waals surface area contributed by atoms with Gasteiger partial charge in [-0.1, -0.05) is 0 Å². The van der Waals surface area contributed by atoms with Gasteiger partial charge in [-0.3, -0.25) is 10.1 Å². The Morgan fingerprint density at radius 2 is 1.93 bits per heavy atom. The van der Waals surface area contributed by atoms with Crippen molar-refractivity contribution in [3.63, 3.8) is 0 Å². The predicted molar refractivity (Wildman–Crippen MR) is 45.0 cm³/mol. The van der Waals surface area contributed by atoms with Gasteiger partial charge in [0.05, 0.1) is 11.0 Å². The SMILES string of the molecule is O=[N+]([O-])c1cc(F)c(C2CC2)cc1F. The van der Waals surface area contributed by atoms with Crippen LogP contribution < -0.4 is 0 Å². The van der Waals surface area contributed by atoms with Gasteiger partial charge in [0.25, 0.3) is 0 Å². The summed E-state index contributed by atoms with van der Waals surface area (Å²) in [6.07, 6.45) is 1.66. The highest BCUT2D eigenvalue weighted by molar-refractivity contribution is 5.38. The number of halogens is 2. The van der Waals surface area contributed by atoms with Gasteiger partial charge >= 0.3 is 5.69 Å². The van der Waals surface area contributed by atoms with Crippen molar-refractivity contribution in [2.24, 2.45) is 0 Å². The van der Waals surface area contributed by atoms with Crippen molar-refractivity contribution >= 4 is 5.69 Å². The second kappa shape index (κ2) is 3.01. The van der Waals surface area contributed by atoms with Crippen LogP contribution in [-0.4, -0.2) is 4.92 Å². The van der Waals surface area contributed by atoms with Gasteiger partial charge in [0, 0.05) is 0 Å². The average molecular weight is 199 g/mol.